The molecule has 4 saturated carbocycles. The number of rotatable bonds is 7. The zero-order chi connectivity index (χ0) is 40.4. The third-order valence-electron chi connectivity index (χ3n) is 17.0. The predicted octanol–water partition coefficient (Wildman–Crippen LogP) is 0.970. The van der Waals surface area contributed by atoms with E-state index in [0.29, 0.717) is 25.7 Å². The number of aliphatic hydroxyl groups excluding tert-OH is 8. The first-order chi connectivity index (χ1) is 25.4. The quantitative estimate of drug-likeness (QED) is 0.164. The van der Waals surface area contributed by atoms with E-state index >= 15 is 0 Å². The van der Waals surface area contributed by atoms with Crippen LogP contribution in [0.25, 0.3) is 0 Å². The Bertz CT molecular complexity index is 1390. The molecule has 7 rings (SSSR count). The van der Waals surface area contributed by atoms with Crippen molar-refractivity contribution < 1.29 is 69.6 Å². The van der Waals surface area contributed by atoms with Crippen LogP contribution in [0.4, 0.5) is 0 Å². The Morgan fingerprint density at radius 3 is 2.00 bits per heavy atom. The molecule has 0 spiro atoms. The molecular weight excluding hydrogens is 716 g/mol. The Kier molecular flexibility index (Phi) is 11.1. The summed E-state index contributed by atoms with van der Waals surface area (Å²) in [6.45, 7) is 16.0. The van der Waals surface area contributed by atoms with E-state index in [1.54, 1.807) is 13.8 Å². The Labute approximate surface area is 325 Å². The molecular formula is C41H70O14. The highest BCUT2D eigenvalue weighted by molar-refractivity contribution is 5.22. The first-order valence-electron chi connectivity index (χ1n) is 20.8. The van der Waals surface area contributed by atoms with Crippen LogP contribution < -0.4 is 0 Å². The van der Waals surface area contributed by atoms with Gasteiger partial charge in [-0.05, 0) is 112 Å². The van der Waals surface area contributed by atoms with Crippen molar-refractivity contribution in [1.29, 1.82) is 0 Å². The highest BCUT2D eigenvalue weighted by atomic mass is 16.7. The highest BCUT2D eigenvalue weighted by Gasteiger charge is 2.74. The van der Waals surface area contributed by atoms with Crippen molar-refractivity contribution in [2.45, 2.75) is 198 Å². The Hall–Kier alpha value is -0.560. The van der Waals surface area contributed by atoms with Crippen LogP contribution in [0.2, 0.25) is 0 Å². The van der Waals surface area contributed by atoms with Crippen molar-refractivity contribution in [3.63, 3.8) is 0 Å². The summed E-state index contributed by atoms with van der Waals surface area (Å²) in [7, 11) is 0. The normalized spacial score (nSPS) is 56.8. The van der Waals surface area contributed by atoms with Crippen molar-refractivity contribution in [3.8, 4) is 0 Å². The molecule has 4 aliphatic carbocycles. The van der Waals surface area contributed by atoms with Gasteiger partial charge in [0, 0.05) is 5.92 Å². The van der Waals surface area contributed by atoms with Crippen LogP contribution >= 0.6 is 0 Å². The molecule has 0 unspecified atom stereocenters. The zero-order valence-electron chi connectivity index (χ0n) is 34.0. The van der Waals surface area contributed by atoms with Crippen molar-refractivity contribution >= 4 is 0 Å². The lowest BCUT2D eigenvalue weighted by atomic mass is 9.37. The summed E-state index contributed by atoms with van der Waals surface area (Å²) >= 11 is 0. The summed E-state index contributed by atoms with van der Waals surface area (Å²) in [5.74, 6) is -0.122. The lowest BCUT2D eigenvalue weighted by Crippen LogP contribution is -2.68. The van der Waals surface area contributed by atoms with Crippen LogP contribution in [-0.2, 0) is 23.7 Å². The molecule has 21 atom stereocenters. The van der Waals surface area contributed by atoms with Crippen LogP contribution in [0.3, 0.4) is 0 Å². The van der Waals surface area contributed by atoms with E-state index in [4.69, 9.17) is 23.7 Å². The van der Waals surface area contributed by atoms with Gasteiger partial charge >= 0.3 is 0 Å². The minimum atomic E-state index is -1.61. The molecule has 7 aliphatic rings. The van der Waals surface area contributed by atoms with Crippen molar-refractivity contribution in [2.24, 2.45) is 45.3 Å². The van der Waals surface area contributed by atoms with Crippen LogP contribution in [0.1, 0.15) is 107 Å². The van der Waals surface area contributed by atoms with Gasteiger partial charge in [-0.2, -0.15) is 0 Å². The molecule has 7 fully saturated rings. The molecule has 0 amide bonds. The van der Waals surface area contributed by atoms with E-state index in [1.807, 2.05) is 0 Å². The molecule has 3 heterocycles. The molecule has 14 nitrogen and oxygen atoms in total. The van der Waals surface area contributed by atoms with E-state index in [9.17, 15) is 46.0 Å². The van der Waals surface area contributed by atoms with Gasteiger partial charge in [-0.15, -0.1) is 0 Å². The van der Waals surface area contributed by atoms with Crippen molar-refractivity contribution in [2.75, 3.05) is 13.2 Å². The van der Waals surface area contributed by atoms with Gasteiger partial charge in [0.05, 0.1) is 48.8 Å². The second-order valence-electron chi connectivity index (χ2n) is 20.8. The van der Waals surface area contributed by atoms with E-state index < -0.39 is 96.8 Å². The number of hydrogen-bond donors (Lipinski definition) is 9. The molecule has 14 heteroatoms. The summed E-state index contributed by atoms with van der Waals surface area (Å²) in [6, 6.07) is 0. The fourth-order valence-electron chi connectivity index (χ4n) is 14.1. The maximum absolute atomic E-state index is 12.2. The summed E-state index contributed by atoms with van der Waals surface area (Å²) in [4.78, 5) is 0. The molecule has 0 aromatic heterocycles. The number of hydrogen-bond acceptors (Lipinski definition) is 14. The first kappa shape index (κ1) is 42.6. The van der Waals surface area contributed by atoms with Gasteiger partial charge in [-0.1, -0.05) is 34.6 Å². The number of aliphatic hydroxyl groups is 9. The molecule has 3 aliphatic heterocycles. The Morgan fingerprint density at radius 1 is 0.691 bits per heavy atom. The number of fused-ring (bicyclic) bond motifs is 5. The minimum absolute atomic E-state index is 0.0607. The van der Waals surface area contributed by atoms with Crippen LogP contribution in [0.15, 0.2) is 0 Å². The largest absolute Gasteiger partial charge is 0.394 e. The Balaban J connectivity index is 1.24. The maximum Gasteiger partial charge on any atom is 0.186 e. The van der Waals surface area contributed by atoms with Gasteiger partial charge in [0.2, 0.25) is 0 Å². The molecule has 0 aromatic carbocycles. The van der Waals surface area contributed by atoms with Gasteiger partial charge in [0.1, 0.15) is 42.7 Å². The summed E-state index contributed by atoms with van der Waals surface area (Å²) in [5, 5.41) is 97.1. The molecule has 0 radical (unpaired) electrons. The predicted molar refractivity (Wildman–Crippen MR) is 196 cm³/mol. The summed E-state index contributed by atoms with van der Waals surface area (Å²) in [5.41, 5.74) is -3.33. The second kappa shape index (κ2) is 14.3. The fraction of sp³-hybridized carbons (Fsp3) is 1.00. The van der Waals surface area contributed by atoms with Gasteiger partial charge in [-0.25, -0.2) is 0 Å². The molecule has 0 aromatic rings. The van der Waals surface area contributed by atoms with Crippen molar-refractivity contribution in [1.82, 2.24) is 0 Å². The molecule has 9 N–H and O–H groups in total. The third kappa shape index (κ3) is 6.50. The average molecular weight is 787 g/mol. The van der Waals surface area contributed by atoms with E-state index in [1.165, 1.54) is 0 Å². The maximum atomic E-state index is 12.2. The van der Waals surface area contributed by atoms with Crippen molar-refractivity contribution in [3.05, 3.63) is 0 Å². The van der Waals surface area contributed by atoms with Gasteiger partial charge in [0.25, 0.3) is 0 Å². The zero-order valence-corrected chi connectivity index (χ0v) is 34.0. The van der Waals surface area contributed by atoms with E-state index in [0.717, 1.165) is 25.7 Å². The second-order valence-corrected chi connectivity index (χ2v) is 20.8. The van der Waals surface area contributed by atoms with E-state index in [-0.39, 0.29) is 52.6 Å². The van der Waals surface area contributed by atoms with Gasteiger partial charge in [-0.3, -0.25) is 0 Å². The van der Waals surface area contributed by atoms with Crippen LogP contribution in [-0.4, -0.2) is 150 Å². The smallest absolute Gasteiger partial charge is 0.186 e. The first-order valence-corrected chi connectivity index (χ1v) is 20.8. The summed E-state index contributed by atoms with van der Waals surface area (Å²) in [6.07, 6.45) is -8.85. The van der Waals surface area contributed by atoms with Gasteiger partial charge in [0.15, 0.2) is 12.6 Å². The summed E-state index contributed by atoms with van der Waals surface area (Å²) < 4.78 is 31.8. The lowest BCUT2D eigenvalue weighted by molar-refractivity contribution is -0.347. The van der Waals surface area contributed by atoms with E-state index in [2.05, 4.69) is 41.5 Å². The average Bonchev–Trinajstić information content (AvgIpc) is 3.60. The molecule has 3 saturated heterocycles. The monoisotopic (exact) mass is 786 g/mol. The fourth-order valence-corrected chi connectivity index (χ4v) is 14.1. The standard InChI is InChI=1S/C41H70O14/c1-36(2)25(54-34-30(48)27(45)22(44)18-51-34)10-12-38(5)19-9-13-39(6)32(41(8)14-11-26(55-41)37(3,4)50)21(43)16-40(39,7)20(19)15-23(33(36)38)52-35-31(49)29(47)28(46)24(17-42)53-35/h19-35,42-50H,9-18H2,1-8H3/t19-,20+,21-,22+,23+,24+,25+,26+,27+,28+,29-,30+,31+,32-,33-,34+,35+,38+,39+,40-,41-/m1/s1. The molecule has 318 valence electrons. The molecule has 55 heavy (non-hydrogen) atoms. The molecule has 0 bridgehead atoms. The van der Waals surface area contributed by atoms with Crippen LogP contribution in [0.5, 0.6) is 0 Å². The number of ether oxygens (including phenoxy) is 5. The Morgan fingerprint density at radius 2 is 1.36 bits per heavy atom. The highest BCUT2D eigenvalue weighted by Crippen LogP contribution is 2.76. The minimum Gasteiger partial charge on any atom is -0.394 e. The third-order valence-corrected chi connectivity index (χ3v) is 17.0. The topological polar surface area (TPSA) is 228 Å². The van der Waals surface area contributed by atoms with Gasteiger partial charge < -0.3 is 69.6 Å². The lowest BCUT2D eigenvalue weighted by Gasteiger charge is -2.69. The SMILES string of the molecule is CC(C)(O)[C@@H]1CC[C@](C)([C@@H]2[C@H](O)C[C@]3(C)[C@H]4C[C@H](O[C@H]5O[C@@H](CO)[C@H](O)[C@@H](O)[C@@H]5O)[C@@H]5C(C)(C)[C@@H](O[C@@H]6OC[C@H](O)[C@H](O)[C@@H]6O)CC[C@@]5(C)[C@@H]4CC[C@@]23C)O1. The van der Waals surface area contributed by atoms with Crippen LogP contribution in [0, 0.1) is 45.3 Å².